The Balaban J connectivity index is 2.27. The lowest BCUT2D eigenvalue weighted by molar-refractivity contribution is 0.0944. The Morgan fingerprint density at radius 2 is 2.46 bits per heavy atom. The van der Waals surface area contributed by atoms with Crippen LogP contribution < -0.4 is 5.32 Å². The highest BCUT2D eigenvalue weighted by molar-refractivity contribution is 7.10. The molecule has 3 heteroatoms. The summed E-state index contributed by atoms with van der Waals surface area (Å²) in [4.78, 5) is 12.8. The Bertz CT molecular complexity index is 318. The first kappa shape index (κ1) is 8.75. The molecule has 0 aliphatic carbocycles. The summed E-state index contributed by atoms with van der Waals surface area (Å²) >= 11 is 1.69. The number of thiophene rings is 1. The zero-order chi connectivity index (χ0) is 9.26. The van der Waals surface area contributed by atoms with Crippen molar-refractivity contribution in [2.75, 3.05) is 6.54 Å². The molecule has 13 heavy (non-hydrogen) atoms. The summed E-state index contributed by atoms with van der Waals surface area (Å²) in [6.07, 6.45) is 2.23. The number of hydrogen-bond donors (Lipinski definition) is 1. The molecule has 0 unspecified atom stereocenters. The van der Waals surface area contributed by atoms with E-state index in [0.29, 0.717) is 5.92 Å². The van der Waals surface area contributed by atoms with Crippen LogP contribution in [0, 0.1) is 5.92 Å². The number of amides is 1. The zero-order valence-electron chi connectivity index (χ0n) is 7.67. The molecule has 70 valence electrons. The van der Waals surface area contributed by atoms with Crippen molar-refractivity contribution in [1.82, 2.24) is 5.32 Å². The fraction of sp³-hybridized carbons (Fsp3) is 0.500. The topological polar surface area (TPSA) is 29.1 Å². The molecule has 2 heterocycles. The molecule has 0 saturated heterocycles. The summed E-state index contributed by atoms with van der Waals surface area (Å²) in [5.41, 5.74) is 0.886. The maximum Gasteiger partial charge on any atom is 0.252 e. The van der Waals surface area contributed by atoms with Crippen LogP contribution in [0.15, 0.2) is 11.4 Å². The summed E-state index contributed by atoms with van der Waals surface area (Å²) in [7, 11) is 0. The molecule has 1 aromatic rings. The van der Waals surface area contributed by atoms with Gasteiger partial charge in [-0.3, -0.25) is 4.79 Å². The van der Waals surface area contributed by atoms with Crippen molar-refractivity contribution in [1.29, 1.82) is 0 Å². The van der Waals surface area contributed by atoms with Crippen LogP contribution in [0.4, 0.5) is 0 Å². The third kappa shape index (κ3) is 1.75. The van der Waals surface area contributed by atoms with E-state index in [1.165, 1.54) is 11.3 Å². The molecule has 0 fully saturated rings. The molecule has 0 aromatic carbocycles. The van der Waals surface area contributed by atoms with Gasteiger partial charge in [-0.15, -0.1) is 11.3 Å². The van der Waals surface area contributed by atoms with Gasteiger partial charge in [0.05, 0.1) is 5.56 Å². The summed E-state index contributed by atoms with van der Waals surface area (Å²) in [6.45, 7) is 2.99. The number of carbonyl (C=O) groups excluding carboxylic acids is 1. The number of carbonyl (C=O) groups is 1. The maximum atomic E-state index is 11.6. The van der Waals surface area contributed by atoms with E-state index in [9.17, 15) is 4.79 Å². The van der Waals surface area contributed by atoms with Crippen LogP contribution >= 0.6 is 11.3 Å². The lowest BCUT2D eigenvalue weighted by Crippen LogP contribution is -2.30. The third-order valence-electron chi connectivity index (χ3n) is 2.47. The minimum Gasteiger partial charge on any atom is -0.352 e. The lowest BCUT2D eigenvalue weighted by Gasteiger charge is -2.16. The van der Waals surface area contributed by atoms with Gasteiger partial charge in [-0.1, -0.05) is 6.92 Å². The average Bonchev–Trinajstić information content (AvgIpc) is 2.56. The fourth-order valence-electron chi connectivity index (χ4n) is 1.58. The Labute approximate surface area is 82.0 Å². The van der Waals surface area contributed by atoms with Crippen LogP contribution in [0.25, 0.3) is 0 Å². The van der Waals surface area contributed by atoms with Gasteiger partial charge in [0.1, 0.15) is 0 Å². The average molecular weight is 195 g/mol. The van der Waals surface area contributed by atoms with Gasteiger partial charge in [-0.2, -0.15) is 0 Å². The quantitative estimate of drug-likeness (QED) is 0.674. The third-order valence-corrected chi connectivity index (χ3v) is 3.45. The van der Waals surface area contributed by atoms with Crippen LogP contribution in [0.2, 0.25) is 0 Å². The zero-order valence-corrected chi connectivity index (χ0v) is 8.49. The lowest BCUT2D eigenvalue weighted by atomic mass is 10.0. The van der Waals surface area contributed by atoms with Crippen LogP contribution in [0.1, 0.15) is 28.6 Å². The van der Waals surface area contributed by atoms with E-state index >= 15 is 0 Å². The highest BCUT2D eigenvalue weighted by Gasteiger charge is 2.17. The number of hydrogen-bond acceptors (Lipinski definition) is 2. The van der Waals surface area contributed by atoms with Gasteiger partial charge in [-0.25, -0.2) is 0 Å². The monoisotopic (exact) mass is 195 g/mol. The largest absolute Gasteiger partial charge is 0.352 e. The molecule has 0 bridgehead atoms. The van der Waals surface area contributed by atoms with Crippen molar-refractivity contribution in [2.45, 2.75) is 19.8 Å². The van der Waals surface area contributed by atoms with E-state index in [0.717, 1.165) is 18.5 Å². The number of rotatable bonds is 0. The first-order valence-corrected chi connectivity index (χ1v) is 5.50. The molecule has 1 aromatic heterocycles. The highest BCUT2D eigenvalue weighted by Crippen LogP contribution is 2.22. The predicted molar refractivity (Wildman–Crippen MR) is 54.1 cm³/mol. The molecular weight excluding hydrogens is 182 g/mol. The van der Waals surface area contributed by atoms with Gasteiger partial charge in [0.15, 0.2) is 0 Å². The van der Waals surface area contributed by atoms with Gasteiger partial charge >= 0.3 is 0 Å². The van der Waals surface area contributed by atoms with Crippen molar-refractivity contribution in [3.8, 4) is 0 Å². The summed E-state index contributed by atoms with van der Waals surface area (Å²) < 4.78 is 0. The molecule has 0 radical (unpaired) electrons. The fourth-order valence-corrected chi connectivity index (χ4v) is 2.47. The van der Waals surface area contributed by atoms with Gasteiger partial charge in [0.2, 0.25) is 0 Å². The second-order valence-electron chi connectivity index (χ2n) is 3.61. The predicted octanol–water partition coefficient (Wildman–Crippen LogP) is 2.06. The molecule has 0 saturated carbocycles. The van der Waals surface area contributed by atoms with E-state index in [-0.39, 0.29) is 5.91 Å². The van der Waals surface area contributed by atoms with Crippen LogP contribution in [-0.2, 0) is 6.42 Å². The molecule has 1 aliphatic heterocycles. The van der Waals surface area contributed by atoms with Crippen molar-refractivity contribution in [3.05, 3.63) is 21.9 Å². The molecule has 0 spiro atoms. The molecular formula is C10H13NOS. The number of fused-ring (bicyclic) bond motifs is 1. The Hall–Kier alpha value is -0.830. The van der Waals surface area contributed by atoms with Gasteiger partial charge in [0, 0.05) is 11.4 Å². The maximum absolute atomic E-state index is 11.6. The van der Waals surface area contributed by atoms with E-state index in [2.05, 4.69) is 12.2 Å². The second-order valence-corrected chi connectivity index (χ2v) is 4.61. The summed E-state index contributed by atoms with van der Waals surface area (Å²) in [6, 6.07) is 1.92. The summed E-state index contributed by atoms with van der Waals surface area (Å²) in [5.74, 6) is 0.696. The molecule has 1 atom stereocenters. The molecule has 1 N–H and O–H groups in total. The molecule has 1 amide bonds. The van der Waals surface area contributed by atoms with Crippen molar-refractivity contribution >= 4 is 17.2 Å². The van der Waals surface area contributed by atoms with Crippen LogP contribution in [-0.4, -0.2) is 12.5 Å². The van der Waals surface area contributed by atoms with E-state index in [4.69, 9.17) is 0 Å². The second kappa shape index (κ2) is 3.50. The SMILES string of the molecule is C[C@@H]1CCc2sccc2C(=O)NC1. The van der Waals surface area contributed by atoms with Crippen molar-refractivity contribution in [2.24, 2.45) is 5.92 Å². The molecule has 1 aliphatic rings. The Kier molecular flexibility index (Phi) is 2.36. The van der Waals surface area contributed by atoms with Crippen LogP contribution in [0.5, 0.6) is 0 Å². The Morgan fingerprint density at radius 1 is 1.62 bits per heavy atom. The van der Waals surface area contributed by atoms with E-state index < -0.39 is 0 Å². The first-order chi connectivity index (χ1) is 6.27. The Morgan fingerprint density at radius 3 is 3.31 bits per heavy atom. The van der Waals surface area contributed by atoms with Crippen LogP contribution in [0.3, 0.4) is 0 Å². The highest BCUT2D eigenvalue weighted by atomic mass is 32.1. The van der Waals surface area contributed by atoms with Gasteiger partial charge in [-0.05, 0) is 30.2 Å². The normalized spacial score (nSPS) is 22.8. The number of nitrogens with one attached hydrogen (secondary N) is 1. The smallest absolute Gasteiger partial charge is 0.252 e. The van der Waals surface area contributed by atoms with E-state index in [1.54, 1.807) is 11.3 Å². The van der Waals surface area contributed by atoms with Gasteiger partial charge in [0.25, 0.3) is 5.91 Å². The standard InChI is InChI=1S/C10H13NOS/c1-7-2-3-9-8(4-5-13-9)10(12)11-6-7/h4-5,7H,2-3,6H2,1H3,(H,11,12)/t7-/m1/s1. The molecule has 2 rings (SSSR count). The molecule has 2 nitrogen and oxygen atoms in total. The van der Waals surface area contributed by atoms with Gasteiger partial charge < -0.3 is 5.32 Å². The van der Waals surface area contributed by atoms with E-state index in [1.807, 2.05) is 11.4 Å². The minimum absolute atomic E-state index is 0.0998. The summed E-state index contributed by atoms with van der Waals surface area (Å²) in [5, 5.41) is 4.94. The number of aryl methyl sites for hydroxylation is 1. The minimum atomic E-state index is 0.0998. The first-order valence-electron chi connectivity index (χ1n) is 4.62. The van der Waals surface area contributed by atoms with Crippen molar-refractivity contribution < 1.29 is 4.79 Å². The van der Waals surface area contributed by atoms with Crippen molar-refractivity contribution in [3.63, 3.8) is 0 Å².